The number of hydrogen-bond donors (Lipinski definition) is 1. The summed E-state index contributed by atoms with van der Waals surface area (Å²) in [4.78, 5) is 18.6. The highest BCUT2D eigenvalue weighted by Gasteiger charge is 2.25. The van der Waals surface area contributed by atoms with Gasteiger partial charge in [-0.3, -0.25) is 0 Å². The summed E-state index contributed by atoms with van der Waals surface area (Å²) in [6, 6.07) is 7.72. The third-order valence-electron chi connectivity index (χ3n) is 3.71. The number of ether oxygens (including phenoxy) is 1. The van der Waals surface area contributed by atoms with Crippen molar-refractivity contribution in [3.05, 3.63) is 35.3 Å². The van der Waals surface area contributed by atoms with Crippen molar-refractivity contribution < 1.29 is 9.53 Å². The van der Waals surface area contributed by atoms with E-state index in [1.165, 1.54) is 0 Å². The largest absolute Gasteiger partial charge is 0.372 e. The number of aryl methyl sites for hydroxylation is 1. The summed E-state index contributed by atoms with van der Waals surface area (Å²) < 4.78 is 5.66. The highest BCUT2D eigenvalue weighted by atomic mass is 32.1. The van der Waals surface area contributed by atoms with Crippen LogP contribution in [-0.4, -0.2) is 41.2 Å². The molecule has 0 unspecified atom stereocenters. The van der Waals surface area contributed by atoms with Gasteiger partial charge in [0, 0.05) is 35.4 Å². The van der Waals surface area contributed by atoms with Crippen LogP contribution >= 0.6 is 11.3 Å². The lowest BCUT2D eigenvalue weighted by atomic mass is 10.2. The Hall–Kier alpha value is -1.92. The molecule has 2 amide bonds. The molecule has 1 aliphatic heterocycles. The Kier molecular flexibility index (Phi) is 4.63. The van der Waals surface area contributed by atoms with Crippen LogP contribution in [-0.2, 0) is 4.74 Å². The molecule has 0 radical (unpaired) electrons. The molecule has 1 aromatic heterocycles. The predicted molar refractivity (Wildman–Crippen MR) is 92.9 cm³/mol. The van der Waals surface area contributed by atoms with E-state index in [0.29, 0.717) is 13.1 Å². The zero-order valence-corrected chi connectivity index (χ0v) is 14.4. The van der Waals surface area contributed by atoms with Crippen LogP contribution in [0.15, 0.2) is 29.6 Å². The van der Waals surface area contributed by atoms with Crippen LogP contribution in [0.5, 0.6) is 0 Å². The highest BCUT2D eigenvalue weighted by Crippen LogP contribution is 2.25. The molecule has 2 atom stereocenters. The third-order valence-corrected chi connectivity index (χ3v) is 4.72. The van der Waals surface area contributed by atoms with Gasteiger partial charge in [-0.2, -0.15) is 0 Å². The molecule has 1 saturated heterocycles. The normalized spacial score (nSPS) is 21.3. The first-order valence-corrected chi connectivity index (χ1v) is 8.63. The van der Waals surface area contributed by atoms with Gasteiger partial charge in [0.25, 0.3) is 0 Å². The Morgan fingerprint density at radius 3 is 2.48 bits per heavy atom. The maximum Gasteiger partial charge on any atom is 0.322 e. The predicted octanol–water partition coefficient (Wildman–Crippen LogP) is 3.76. The average molecular weight is 331 g/mol. The van der Waals surface area contributed by atoms with Crippen LogP contribution in [0, 0.1) is 6.92 Å². The Morgan fingerprint density at radius 2 is 1.91 bits per heavy atom. The number of aromatic nitrogens is 1. The Labute approximate surface area is 140 Å². The molecule has 0 saturated carbocycles. The lowest BCUT2D eigenvalue weighted by Gasteiger charge is -2.35. The number of amides is 2. The van der Waals surface area contributed by atoms with Crippen molar-refractivity contribution in [1.82, 2.24) is 9.88 Å². The van der Waals surface area contributed by atoms with Crippen LogP contribution in [0.1, 0.15) is 19.5 Å². The van der Waals surface area contributed by atoms with Crippen molar-refractivity contribution in [2.75, 3.05) is 18.4 Å². The number of benzene rings is 1. The van der Waals surface area contributed by atoms with E-state index in [2.05, 4.69) is 10.3 Å². The van der Waals surface area contributed by atoms with Gasteiger partial charge in [0.05, 0.1) is 12.2 Å². The van der Waals surface area contributed by atoms with Crippen molar-refractivity contribution in [3.63, 3.8) is 0 Å². The average Bonchev–Trinajstić information content (AvgIpc) is 2.93. The molecular weight excluding hydrogens is 310 g/mol. The summed E-state index contributed by atoms with van der Waals surface area (Å²) in [5.41, 5.74) is 2.88. The molecule has 1 aromatic carbocycles. The first kappa shape index (κ1) is 16.0. The lowest BCUT2D eigenvalue weighted by Crippen LogP contribution is -2.49. The van der Waals surface area contributed by atoms with Gasteiger partial charge in [-0.15, -0.1) is 11.3 Å². The van der Waals surface area contributed by atoms with E-state index in [1.807, 2.05) is 50.4 Å². The minimum atomic E-state index is -0.0788. The van der Waals surface area contributed by atoms with Gasteiger partial charge in [-0.05, 0) is 45.0 Å². The van der Waals surface area contributed by atoms with Crippen LogP contribution in [0.2, 0.25) is 0 Å². The van der Waals surface area contributed by atoms with E-state index in [1.54, 1.807) is 16.2 Å². The molecule has 2 heterocycles. The Bertz CT molecular complexity index is 673. The standard InChI is InChI=1S/C17H21N3O2S/c1-11-10-23-16(18-11)14-4-6-15(7-5-14)19-17(21)20-8-12(2)22-13(3)9-20/h4-7,10,12-13H,8-9H2,1-3H3,(H,19,21)/t12-,13+. The second-order valence-electron chi connectivity index (χ2n) is 5.96. The number of anilines is 1. The Morgan fingerprint density at radius 1 is 1.26 bits per heavy atom. The van der Waals surface area contributed by atoms with Gasteiger partial charge in [0.15, 0.2) is 0 Å². The topological polar surface area (TPSA) is 54.5 Å². The second kappa shape index (κ2) is 6.68. The molecule has 1 aliphatic rings. The Balaban J connectivity index is 1.65. The van der Waals surface area contributed by atoms with Crippen molar-refractivity contribution in [2.45, 2.75) is 33.0 Å². The number of rotatable bonds is 2. The molecule has 3 rings (SSSR count). The van der Waals surface area contributed by atoms with Gasteiger partial charge >= 0.3 is 6.03 Å². The van der Waals surface area contributed by atoms with E-state index < -0.39 is 0 Å². The van der Waals surface area contributed by atoms with E-state index in [-0.39, 0.29) is 18.2 Å². The zero-order chi connectivity index (χ0) is 16.4. The fourth-order valence-electron chi connectivity index (χ4n) is 2.73. The molecule has 5 nitrogen and oxygen atoms in total. The number of nitrogens with zero attached hydrogens (tertiary/aromatic N) is 2. The molecule has 23 heavy (non-hydrogen) atoms. The first-order valence-electron chi connectivity index (χ1n) is 7.75. The monoisotopic (exact) mass is 331 g/mol. The van der Waals surface area contributed by atoms with E-state index >= 15 is 0 Å². The molecule has 1 fully saturated rings. The number of urea groups is 1. The van der Waals surface area contributed by atoms with Gasteiger partial charge in [0.2, 0.25) is 0 Å². The maximum atomic E-state index is 12.4. The number of morpholine rings is 1. The van der Waals surface area contributed by atoms with Crippen LogP contribution in [0.25, 0.3) is 10.6 Å². The van der Waals surface area contributed by atoms with Crippen molar-refractivity contribution in [3.8, 4) is 10.6 Å². The van der Waals surface area contributed by atoms with Crippen molar-refractivity contribution in [2.24, 2.45) is 0 Å². The number of carbonyl (C=O) groups is 1. The maximum absolute atomic E-state index is 12.4. The number of hydrogen-bond acceptors (Lipinski definition) is 4. The van der Waals surface area contributed by atoms with Crippen LogP contribution in [0.3, 0.4) is 0 Å². The summed E-state index contributed by atoms with van der Waals surface area (Å²) in [5.74, 6) is 0. The van der Waals surface area contributed by atoms with Crippen molar-refractivity contribution in [1.29, 1.82) is 0 Å². The summed E-state index contributed by atoms with van der Waals surface area (Å²) in [5, 5.41) is 5.98. The molecule has 122 valence electrons. The summed E-state index contributed by atoms with van der Waals surface area (Å²) in [6.07, 6.45) is 0.139. The molecular formula is C17H21N3O2S. The zero-order valence-electron chi connectivity index (χ0n) is 13.6. The first-order chi connectivity index (χ1) is 11.0. The third kappa shape index (κ3) is 3.89. The molecule has 2 aromatic rings. The quantitative estimate of drug-likeness (QED) is 0.911. The number of nitrogens with one attached hydrogen (secondary N) is 1. The van der Waals surface area contributed by atoms with Gasteiger partial charge in [0.1, 0.15) is 5.01 Å². The van der Waals surface area contributed by atoms with E-state index in [0.717, 1.165) is 22.0 Å². The second-order valence-corrected chi connectivity index (χ2v) is 6.82. The lowest BCUT2D eigenvalue weighted by molar-refractivity contribution is -0.0530. The SMILES string of the molecule is Cc1csc(-c2ccc(NC(=O)N3C[C@@H](C)O[C@@H](C)C3)cc2)n1. The number of thiazole rings is 1. The van der Waals surface area contributed by atoms with E-state index in [4.69, 9.17) is 4.74 Å². The minimum Gasteiger partial charge on any atom is -0.372 e. The van der Waals surface area contributed by atoms with Gasteiger partial charge in [-0.25, -0.2) is 9.78 Å². The summed E-state index contributed by atoms with van der Waals surface area (Å²) in [7, 11) is 0. The fraction of sp³-hybridized carbons (Fsp3) is 0.412. The smallest absolute Gasteiger partial charge is 0.322 e. The molecule has 1 N–H and O–H groups in total. The molecule has 0 spiro atoms. The number of carbonyl (C=O) groups excluding carboxylic acids is 1. The van der Waals surface area contributed by atoms with Gasteiger partial charge in [-0.1, -0.05) is 0 Å². The summed E-state index contributed by atoms with van der Waals surface area (Å²) >= 11 is 1.62. The minimum absolute atomic E-state index is 0.0695. The van der Waals surface area contributed by atoms with Crippen LogP contribution < -0.4 is 5.32 Å². The fourth-order valence-corrected chi connectivity index (χ4v) is 3.53. The van der Waals surface area contributed by atoms with Crippen LogP contribution in [0.4, 0.5) is 10.5 Å². The molecule has 0 bridgehead atoms. The van der Waals surface area contributed by atoms with E-state index in [9.17, 15) is 4.79 Å². The molecule has 6 heteroatoms. The highest BCUT2D eigenvalue weighted by molar-refractivity contribution is 7.13. The van der Waals surface area contributed by atoms with Gasteiger partial charge < -0.3 is 15.0 Å². The summed E-state index contributed by atoms with van der Waals surface area (Å²) in [6.45, 7) is 7.19. The van der Waals surface area contributed by atoms with Crippen molar-refractivity contribution >= 4 is 23.1 Å². The molecule has 0 aliphatic carbocycles.